The van der Waals surface area contributed by atoms with Gasteiger partial charge in [-0.2, -0.15) is 5.26 Å². The second-order valence-corrected chi connectivity index (χ2v) is 8.66. The molecule has 0 fully saturated rings. The van der Waals surface area contributed by atoms with E-state index in [1.165, 1.54) is 13.2 Å². The Morgan fingerprint density at radius 3 is 2.49 bits per heavy atom. The largest absolute Gasteiger partial charge is 0.497 e. The molecule has 1 amide bonds. The number of carbonyl (C=O) groups is 1. The molecule has 0 unspecified atom stereocenters. The van der Waals surface area contributed by atoms with E-state index >= 15 is 0 Å². The van der Waals surface area contributed by atoms with Crippen LogP contribution < -0.4 is 19.5 Å². The van der Waals surface area contributed by atoms with E-state index in [1.807, 2.05) is 25.1 Å². The van der Waals surface area contributed by atoms with Gasteiger partial charge >= 0.3 is 0 Å². The maximum absolute atomic E-state index is 12.7. The van der Waals surface area contributed by atoms with Crippen LogP contribution in [-0.2, 0) is 11.4 Å². The molecule has 0 aliphatic rings. The Kier molecular flexibility index (Phi) is 7.97. The van der Waals surface area contributed by atoms with Gasteiger partial charge in [0.1, 0.15) is 24.0 Å². The summed E-state index contributed by atoms with van der Waals surface area (Å²) < 4.78 is 16.8. The predicted octanol–water partition coefficient (Wildman–Crippen LogP) is 6.94. The highest BCUT2D eigenvalue weighted by Gasteiger charge is 2.16. The Balaban J connectivity index is 1.57. The van der Waals surface area contributed by atoms with Gasteiger partial charge in [0.15, 0.2) is 11.5 Å². The summed E-state index contributed by atoms with van der Waals surface area (Å²) in [7, 11) is 3.07. The van der Waals surface area contributed by atoms with Gasteiger partial charge in [0.2, 0.25) is 0 Å². The molecule has 0 radical (unpaired) electrons. The third kappa shape index (κ3) is 5.85. The quantitative estimate of drug-likeness (QED) is 0.204. The lowest BCUT2D eigenvalue weighted by molar-refractivity contribution is -0.112. The van der Waals surface area contributed by atoms with Crippen molar-refractivity contribution in [2.45, 2.75) is 13.5 Å². The Hall–Kier alpha value is -4.47. The van der Waals surface area contributed by atoms with Crippen LogP contribution in [0.25, 0.3) is 16.8 Å². The molecule has 4 rings (SSSR count). The van der Waals surface area contributed by atoms with Crippen LogP contribution in [0.15, 0.2) is 78.4 Å². The number of aryl methyl sites for hydroxylation is 1. The monoisotopic (exact) mass is 512 g/mol. The number of ether oxygens (including phenoxy) is 3. The summed E-state index contributed by atoms with van der Waals surface area (Å²) in [5, 5.41) is 14.8. The highest BCUT2D eigenvalue weighted by molar-refractivity contribution is 6.32. The van der Waals surface area contributed by atoms with Crippen LogP contribution in [0.3, 0.4) is 0 Å². The average Bonchev–Trinajstić information content (AvgIpc) is 2.92. The number of methoxy groups -OCH3 is 2. The second-order valence-electron chi connectivity index (χ2n) is 8.26. The molecule has 37 heavy (non-hydrogen) atoms. The van der Waals surface area contributed by atoms with Crippen LogP contribution in [0, 0.1) is 18.3 Å². The molecule has 0 atom stereocenters. The van der Waals surface area contributed by atoms with Crippen LogP contribution in [-0.4, -0.2) is 20.1 Å². The number of hydrogen-bond acceptors (Lipinski definition) is 5. The summed E-state index contributed by atoms with van der Waals surface area (Å²) in [6, 6.07) is 24.3. The van der Waals surface area contributed by atoms with Gasteiger partial charge in [0, 0.05) is 11.3 Å². The topological polar surface area (TPSA) is 80.6 Å². The molecule has 4 aromatic rings. The number of anilines is 1. The fourth-order valence-corrected chi connectivity index (χ4v) is 4.21. The Morgan fingerprint density at radius 1 is 1.03 bits per heavy atom. The van der Waals surface area contributed by atoms with Gasteiger partial charge < -0.3 is 19.5 Å². The number of nitrogens with one attached hydrogen (secondary N) is 1. The van der Waals surface area contributed by atoms with Crippen molar-refractivity contribution in [3.8, 4) is 23.3 Å². The van der Waals surface area contributed by atoms with E-state index in [0.29, 0.717) is 40.1 Å². The summed E-state index contributed by atoms with van der Waals surface area (Å²) in [4.78, 5) is 12.7. The van der Waals surface area contributed by atoms with Gasteiger partial charge in [-0.05, 0) is 71.3 Å². The van der Waals surface area contributed by atoms with Crippen LogP contribution in [0.5, 0.6) is 17.2 Å². The van der Waals surface area contributed by atoms with E-state index in [9.17, 15) is 10.1 Å². The number of nitrogens with zero attached hydrogens (tertiary/aromatic N) is 1. The van der Waals surface area contributed by atoms with Crippen molar-refractivity contribution in [3.63, 3.8) is 0 Å². The number of nitriles is 1. The first kappa shape index (κ1) is 25.6. The second kappa shape index (κ2) is 11.5. The van der Waals surface area contributed by atoms with E-state index in [2.05, 4.69) is 29.6 Å². The summed E-state index contributed by atoms with van der Waals surface area (Å²) in [5.41, 5.74) is 3.14. The minimum Gasteiger partial charge on any atom is -0.497 e. The SMILES string of the molecule is COc1ccc(NC(=O)/C(C#N)=C/c2cc(Cl)c(OCc3c(C)ccc4ccccc34)c(OC)c2)cc1. The third-order valence-electron chi connectivity index (χ3n) is 5.91. The van der Waals surface area contributed by atoms with Gasteiger partial charge in [-0.15, -0.1) is 0 Å². The number of carbonyl (C=O) groups excluding carboxylic acids is 1. The predicted molar refractivity (Wildman–Crippen MR) is 146 cm³/mol. The molecule has 0 saturated heterocycles. The molecule has 0 aromatic heterocycles. The van der Waals surface area contributed by atoms with E-state index in [-0.39, 0.29) is 5.57 Å². The number of rotatable bonds is 8. The Bertz CT molecular complexity index is 1520. The lowest BCUT2D eigenvalue weighted by atomic mass is 10.0. The van der Waals surface area contributed by atoms with Crippen molar-refractivity contribution in [1.29, 1.82) is 5.26 Å². The molecule has 0 heterocycles. The summed E-state index contributed by atoms with van der Waals surface area (Å²) in [6.45, 7) is 2.34. The number of fused-ring (bicyclic) bond motifs is 1. The van der Waals surface area contributed by atoms with Crippen molar-refractivity contribution in [1.82, 2.24) is 0 Å². The lowest BCUT2D eigenvalue weighted by Crippen LogP contribution is -2.13. The zero-order valence-electron chi connectivity index (χ0n) is 20.7. The highest BCUT2D eigenvalue weighted by Crippen LogP contribution is 2.38. The molecular formula is C30H25ClN2O4. The van der Waals surface area contributed by atoms with E-state index in [4.69, 9.17) is 25.8 Å². The molecule has 0 bridgehead atoms. The maximum atomic E-state index is 12.7. The molecule has 1 N–H and O–H groups in total. The average molecular weight is 513 g/mol. The summed E-state index contributed by atoms with van der Waals surface area (Å²) >= 11 is 6.57. The summed E-state index contributed by atoms with van der Waals surface area (Å²) in [5.74, 6) is 0.891. The van der Waals surface area contributed by atoms with Crippen LogP contribution in [0.2, 0.25) is 5.02 Å². The normalized spacial score (nSPS) is 11.1. The number of benzene rings is 4. The van der Waals surface area contributed by atoms with Crippen LogP contribution in [0.4, 0.5) is 5.69 Å². The van der Waals surface area contributed by atoms with Crippen LogP contribution in [0.1, 0.15) is 16.7 Å². The van der Waals surface area contributed by atoms with Gasteiger partial charge in [-0.25, -0.2) is 0 Å². The molecular weight excluding hydrogens is 488 g/mol. The molecule has 186 valence electrons. The first-order chi connectivity index (χ1) is 17.9. The lowest BCUT2D eigenvalue weighted by Gasteiger charge is -2.16. The van der Waals surface area contributed by atoms with E-state index in [1.54, 1.807) is 43.5 Å². The maximum Gasteiger partial charge on any atom is 0.266 e. The smallest absolute Gasteiger partial charge is 0.266 e. The van der Waals surface area contributed by atoms with Crippen molar-refractivity contribution < 1.29 is 19.0 Å². The van der Waals surface area contributed by atoms with Crippen molar-refractivity contribution >= 4 is 40.0 Å². The highest BCUT2D eigenvalue weighted by atomic mass is 35.5. The van der Waals surface area contributed by atoms with Gasteiger partial charge in [-0.1, -0.05) is 48.0 Å². The third-order valence-corrected chi connectivity index (χ3v) is 6.19. The molecule has 0 aliphatic heterocycles. The zero-order chi connectivity index (χ0) is 26.4. The van der Waals surface area contributed by atoms with Gasteiger partial charge in [-0.3, -0.25) is 4.79 Å². The molecule has 0 saturated carbocycles. The minimum atomic E-state index is -0.547. The van der Waals surface area contributed by atoms with E-state index in [0.717, 1.165) is 21.9 Å². The number of halogens is 1. The zero-order valence-corrected chi connectivity index (χ0v) is 21.4. The van der Waals surface area contributed by atoms with Gasteiger partial charge in [0.05, 0.1) is 19.2 Å². The Labute approximate surface area is 220 Å². The van der Waals surface area contributed by atoms with Gasteiger partial charge in [0.25, 0.3) is 5.91 Å². The van der Waals surface area contributed by atoms with E-state index < -0.39 is 5.91 Å². The first-order valence-electron chi connectivity index (χ1n) is 11.5. The van der Waals surface area contributed by atoms with Crippen molar-refractivity contribution in [2.75, 3.05) is 19.5 Å². The summed E-state index contributed by atoms with van der Waals surface area (Å²) in [6.07, 6.45) is 1.45. The fourth-order valence-electron chi connectivity index (χ4n) is 3.93. The molecule has 7 heteroatoms. The van der Waals surface area contributed by atoms with Crippen LogP contribution >= 0.6 is 11.6 Å². The number of hydrogen-bond donors (Lipinski definition) is 1. The standard InChI is InChI=1S/C30H25ClN2O4/c1-19-8-9-21-6-4-5-7-25(21)26(19)18-37-29-27(31)15-20(16-28(29)36-3)14-22(17-32)30(34)33-23-10-12-24(35-2)13-11-23/h4-16H,18H2,1-3H3,(H,33,34)/b22-14+. The van der Waals surface area contributed by atoms with Crippen molar-refractivity contribution in [3.05, 3.63) is 100 Å². The minimum absolute atomic E-state index is 0.0889. The Morgan fingerprint density at radius 2 is 1.78 bits per heavy atom. The fraction of sp³-hybridized carbons (Fsp3) is 0.133. The first-order valence-corrected chi connectivity index (χ1v) is 11.9. The molecule has 0 aliphatic carbocycles. The molecule has 6 nitrogen and oxygen atoms in total. The molecule has 0 spiro atoms. The number of amides is 1. The molecule has 4 aromatic carbocycles. The van der Waals surface area contributed by atoms with Crippen molar-refractivity contribution in [2.24, 2.45) is 0 Å².